The van der Waals surface area contributed by atoms with Crippen LogP contribution in [-0.4, -0.2) is 24.1 Å². The third-order valence-electron chi connectivity index (χ3n) is 1.11. The van der Waals surface area contributed by atoms with E-state index in [9.17, 15) is 0 Å². The lowest BCUT2D eigenvalue weighted by molar-refractivity contribution is 0.363. The van der Waals surface area contributed by atoms with E-state index in [4.69, 9.17) is 22.3 Å². The highest BCUT2D eigenvalue weighted by Gasteiger charge is 1.85. The monoisotopic (exact) mass is 276 g/mol. The van der Waals surface area contributed by atoms with Crippen molar-refractivity contribution in [2.45, 2.75) is 20.3 Å². The van der Waals surface area contributed by atoms with Gasteiger partial charge >= 0.3 is 10.4 Å². The molecule has 1 aromatic rings. The summed E-state index contributed by atoms with van der Waals surface area (Å²) < 4.78 is 36.8. The van der Waals surface area contributed by atoms with Gasteiger partial charge in [0, 0.05) is 0 Å². The molecule has 0 atom stereocenters. The number of hydrogen-bond donors (Lipinski definition) is 2. The summed E-state index contributed by atoms with van der Waals surface area (Å²) in [5, 5.41) is 0. The first kappa shape index (κ1) is 19.0. The minimum Gasteiger partial charge on any atom is -0.490 e. The number of hydrogen-bond acceptors (Lipinski definition) is 3. The highest BCUT2D eigenvalue weighted by Crippen LogP contribution is 2.07. The molecule has 5 nitrogen and oxygen atoms in total. The van der Waals surface area contributed by atoms with Crippen LogP contribution in [-0.2, 0) is 10.4 Å². The molecule has 0 amide bonds. The Labute approximate surface area is 109 Å². The number of rotatable bonds is 3. The van der Waals surface area contributed by atoms with Crippen LogP contribution >= 0.6 is 0 Å². The molecule has 0 saturated heterocycles. The minimum absolute atomic E-state index is 0.573. The Kier molecular flexibility index (Phi) is 12.8. The lowest BCUT2D eigenvalue weighted by Gasteiger charge is -1.99. The van der Waals surface area contributed by atoms with Crippen molar-refractivity contribution in [3.63, 3.8) is 0 Å². The predicted molar refractivity (Wildman–Crippen MR) is 72.3 cm³/mol. The molecule has 18 heavy (non-hydrogen) atoms. The molecule has 1 aromatic carbocycles. The number of benzene rings is 1. The molecule has 0 aliphatic carbocycles. The van der Waals surface area contributed by atoms with Crippen LogP contribution < -0.4 is 4.74 Å². The highest BCUT2D eigenvalue weighted by molar-refractivity contribution is 7.79. The van der Waals surface area contributed by atoms with E-state index in [0.29, 0.717) is 6.61 Å². The van der Waals surface area contributed by atoms with Crippen LogP contribution in [0.2, 0.25) is 0 Å². The molecule has 0 bridgehead atoms. The zero-order valence-corrected chi connectivity index (χ0v) is 11.4. The van der Waals surface area contributed by atoms with Gasteiger partial charge in [0.15, 0.2) is 0 Å². The quantitative estimate of drug-likeness (QED) is 0.655. The molecule has 0 aromatic heterocycles. The van der Waals surface area contributed by atoms with Gasteiger partial charge in [-0.15, -0.1) is 0 Å². The SMILES string of the molecule is C=CCOc1ccccc1.CCC.O=S(=O)(O)O. The van der Waals surface area contributed by atoms with E-state index in [0.717, 1.165) is 5.75 Å². The molecule has 104 valence electrons. The van der Waals surface area contributed by atoms with Crippen molar-refractivity contribution >= 4 is 10.4 Å². The largest absolute Gasteiger partial charge is 0.490 e. The fourth-order valence-electron chi connectivity index (χ4n) is 0.672. The molecule has 1 rings (SSSR count). The second-order valence-corrected chi connectivity index (χ2v) is 3.96. The molecule has 2 N–H and O–H groups in total. The molecular formula is C12H20O5S. The summed E-state index contributed by atoms with van der Waals surface area (Å²) in [6, 6.07) is 9.69. The molecule has 0 spiro atoms. The van der Waals surface area contributed by atoms with Gasteiger partial charge in [-0.05, 0) is 12.1 Å². The summed E-state index contributed by atoms with van der Waals surface area (Å²) in [5.74, 6) is 0.891. The van der Waals surface area contributed by atoms with Crippen LogP contribution in [0.4, 0.5) is 0 Å². The molecule has 0 aliphatic heterocycles. The Morgan fingerprint density at radius 2 is 1.61 bits per heavy atom. The first-order valence-corrected chi connectivity index (χ1v) is 6.73. The Morgan fingerprint density at radius 1 is 1.22 bits per heavy atom. The lowest BCUT2D eigenvalue weighted by atomic mass is 10.3. The van der Waals surface area contributed by atoms with Gasteiger partial charge in [-0.1, -0.05) is 51.1 Å². The second kappa shape index (κ2) is 12.1. The van der Waals surface area contributed by atoms with Crippen LogP contribution in [0.3, 0.4) is 0 Å². The van der Waals surface area contributed by atoms with Crippen molar-refractivity contribution < 1.29 is 22.3 Å². The predicted octanol–water partition coefficient (Wildman–Crippen LogP) is 3.01. The van der Waals surface area contributed by atoms with Crippen LogP contribution in [0.1, 0.15) is 20.3 Å². The summed E-state index contributed by atoms with van der Waals surface area (Å²) in [7, 11) is -4.67. The Morgan fingerprint density at radius 3 is 1.94 bits per heavy atom. The molecule has 0 saturated carbocycles. The average molecular weight is 276 g/mol. The van der Waals surface area contributed by atoms with E-state index in [-0.39, 0.29) is 0 Å². The molecule has 0 heterocycles. The third-order valence-corrected chi connectivity index (χ3v) is 1.11. The van der Waals surface area contributed by atoms with Crippen molar-refractivity contribution in [2.24, 2.45) is 0 Å². The normalized spacial score (nSPS) is 9.11. The van der Waals surface area contributed by atoms with E-state index in [2.05, 4.69) is 20.4 Å². The van der Waals surface area contributed by atoms with Gasteiger partial charge in [0.25, 0.3) is 0 Å². The van der Waals surface area contributed by atoms with Crippen LogP contribution in [0, 0.1) is 0 Å². The van der Waals surface area contributed by atoms with Gasteiger partial charge in [-0.3, -0.25) is 9.11 Å². The van der Waals surface area contributed by atoms with Crippen molar-refractivity contribution in [1.82, 2.24) is 0 Å². The molecule has 6 heteroatoms. The van der Waals surface area contributed by atoms with Gasteiger partial charge in [0.2, 0.25) is 0 Å². The van der Waals surface area contributed by atoms with Gasteiger partial charge in [-0.25, -0.2) is 0 Å². The Hall–Kier alpha value is -1.37. The Balaban J connectivity index is 0. The second-order valence-electron chi connectivity index (χ2n) is 3.07. The minimum atomic E-state index is -4.67. The number of para-hydroxylation sites is 1. The van der Waals surface area contributed by atoms with Crippen molar-refractivity contribution in [2.75, 3.05) is 6.61 Å². The maximum atomic E-state index is 8.74. The van der Waals surface area contributed by atoms with E-state index >= 15 is 0 Å². The van der Waals surface area contributed by atoms with E-state index in [1.165, 1.54) is 6.42 Å². The van der Waals surface area contributed by atoms with Gasteiger partial charge in [-0.2, -0.15) is 8.42 Å². The summed E-state index contributed by atoms with van der Waals surface area (Å²) in [4.78, 5) is 0. The summed E-state index contributed by atoms with van der Waals surface area (Å²) in [6.45, 7) is 8.37. The average Bonchev–Trinajstić information content (AvgIpc) is 2.27. The Bertz CT molecular complexity index is 378. The van der Waals surface area contributed by atoms with Crippen LogP contribution in [0.15, 0.2) is 43.0 Å². The van der Waals surface area contributed by atoms with E-state index in [1.807, 2.05) is 30.3 Å². The maximum absolute atomic E-state index is 8.74. The van der Waals surface area contributed by atoms with Crippen molar-refractivity contribution in [3.05, 3.63) is 43.0 Å². The lowest BCUT2D eigenvalue weighted by Crippen LogP contribution is -1.91. The zero-order valence-electron chi connectivity index (χ0n) is 10.6. The van der Waals surface area contributed by atoms with E-state index < -0.39 is 10.4 Å². The fourth-order valence-corrected chi connectivity index (χ4v) is 0.672. The van der Waals surface area contributed by atoms with Gasteiger partial charge in [0.1, 0.15) is 12.4 Å². The standard InChI is InChI=1S/C9H10O.C3H8.H2O4S/c1-2-8-10-9-6-4-3-5-7-9;1-3-2;1-5(2,3)4/h2-7H,1,8H2;3H2,1-2H3;(H2,1,2,3,4). The summed E-state index contributed by atoms with van der Waals surface area (Å²) in [6.07, 6.45) is 2.98. The van der Waals surface area contributed by atoms with Gasteiger partial charge < -0.3 is 4.74 Å². The fraction of sp³-hybridized carbons (Fsp3) is 0.333. The molecule has 0 radical (unpaired) electrons. The van der Waals surface area contributed by atoms with Gasteiger partial charge in [0.05, 0.1) is 0 Å². The number of ether oxygens (including phenoxy) is 1. The van der Waals surface area contributed by atoms with Crippen molar-refractivity contribution in [3.8, 4) is 5.75 Å². The van der Waals surface area contributed by atoms with Crippen molar-refractivity contribution in [1.29, 1.82) is 0 Å². The molecule has 0 fully saturated rings. The van der Waals surface area contributed by atoms with Crippen LogP contribution in [0.25, 0.3) is 0 Å². The van der Waals surface area contributed by atoms with Crippen LogP contribution in [0.5, 0.6) is 5.75 Å². The molecule has 0 aliphatic rings. The summed E-state index contributed by atoms with van der Waals surface area (Å²) >= 11 is 0. The maximum Gasteiger partial charge on any atom is 0.394 e. The highest BCUT2D eigenvalue weighted by atomic mass is 32.3. The molecular weight excluding hydrogens is 256 g/mol. The first-order chi connectivity index (χ1) is 8.35. The van der Waals surface area contributed by atoms with E-state index in [1.54, 1.807) is 6.08 Å². The third kappa shape index (κ3) is 24.1. The topological polar surface area (TPSA) is 83.8 Å². The smallest absolute Gasteiger partial charge is 0.394 e. The summed E-state index contributed by atoms with van der Waals surface area (Å²) in [5.41, 5.74) is 0. The molecule has 0 unspecified atom stereocenters. The zero-order chi connectivity index (χ0) is 14.4. The first-order valence-electron chi connectivity index (χ1n) is 5.33.